The molecule has 3 nitrogen and oxygen atoms in total. The third-order valence-corrected chi connectivity index (χ3v) is 1.45. The van der Waals surface area contributed by atoms with Crippen molar-refractivity contribution in [2.75, 3.05) is 6.54 Å². The highest BCUT2D eigenvalue weighted by Gasteiger charge is 2.26. The predicted molar refractivity (Wildman–Crippen MR) is 34.8 cm³/mol. The summed E-state index contributed by atoms with van der Waals surface area (Å²) in [7, 11) is 0. The van der Waals surface area contributed by atoms with E-state index in [2.05, 4.69) is 0 Å². The van der Waals surface area contributed by atoms with Crippen molar-refractivity contribution in [1.29, 1.82) is 0 Å². The summed E-state index contributed by atoms with van der Waals surface area (Å²) in [5.41, 5.74) is 0. The van der Waals surface area contributed by atoms with Crippen LogP contribution >= 0.6 is 0 Å². The van der Waals surface area contributed by atoms with Gasteiger partial charge in [-0.25, -0.2) is 0 Å². The van der Waals surface area contributed by atoms with Crippen molar-refractivity contribution in [3.63, 3.8) is 0 Å². The Morgan fingerprint density at radius 1 is 1.50 bits per heavy atom. The van der Waals surface area contributed by atoms with Gasteiger partial charge in [-0.05, 0) is 20.8 Å². The Morgan fingerprint density at radius 2 is 1.90 bits per heavy atom. The first-order chi connectivity index (χ1) is 3.98. The third kappa shape index (κ3) is 5.17. The lowest BCUT2D eigenvalue weighted by Gasteiger charge is -2.21. The molecule has 64 valence electrons. The molecule has 4 N–H and O–H groups in total. The van der Waals surface area contributed by atoms with E-state index < -0.39 is 5.79 Å². The van der Waals surface area contributed by atoms with E-state index in [1.54, 1.807) is 6.92 Å². The lowest BCUT2D eigenvalue weighted by molar-refractivity contribution is -0.706. The first kappa shape index (κ1) is 13.0. The smallest absolute Gasteiger partial charge is 0.213 e. The Balaban J connectivity index is 0. The van der Waals surface area contributed by atoms with Crippen molar-refractivity contribution in [2.24, 2.45) is 0 Å². The zero-order chi connectivity index (χ0) is 7.49. The van der Waals surface area contributed by atoms with E-state index >= 15 is 0 Å². The maximum atomic E-state index is 8.94. The fraction of sp³-hybridized carbons (Fsp3) is 1.00. The van der Waals surface area contributed by atoms with Crippen LogP contribution in [0.4, 0.5) is 0 Å². The van der Waals surface area contributed by atoms with E-state index in [0.29, 0.717) is 0 Å². The molecular weight excluding hydrogens is 198 g/mol. The number of quaternary nitrogens is 1. The van der Waals surface area contributed by atoms with Crippen LogP contribution in [0.5, 0.6) is 0 Å². The summed E-state index contributed by atoms with van der Waals surface area (Å²) in [5.74, 6) is -1.55. The van der Waals surface area contributed by atoms with Gasteiger partial charge in [0.25, 0.3) is 0 Å². The molecular formula is C6H16BrNO2. The van der Waals surface area contributed by atoms with Gasteiger partial charge in [-0.15, -0.1) is 0 Å². The number of hydrogen-bond acceptors (Lipinski definition) is 2. The number of aliphatic hydroxyl groups is 2. The van der Waals surface area contributed by atoms with Gasteiger partial charge in [0, 0.05) is 0 Å². The molecule has 0 bridgehead atoms. The van der Waals surface area contributed by atoms with Gasteiger partial charge in [-0.1, -0.05) is 0 Å². The Morgan fingerprint density at radius 3 is 2.00 bits per heavy atom. The van der Waals surface area contributed by atoms with Crippen molar-refractivity contribution in [3.8, 4) is 0 Å². The second-order valence-electron chi connectivity index (χ2n) is 2.53. The SMILES string of the molecule is CC[NH2+]C(C)C(C)(O)O.[Br-]. The molecule has 0 saturated carbocycles. The van der Waals surface area contributed by atoms with E-state index in [-0.39, 0.29) is 23.0 Å². The molecule has 0 aromatic heterocycles. The zero-order valence-corrected chi connectivity index (χ0v) is 8.22. The summed E-state index contributed by atoms with van der Waals surface area (Å²) in [6.45, 7) is 6.02. The van der Waals surface area contributed by atoms with Crippen molar-refractivity contribution >= 4 is 0 Å². The number of likely N-dealkylation sites (N-methyl/N-ethyl adjacent to an activating group) is 1. The van der Waals surface area contributed by atoms with E-state index in [1.165, 1.54) is 6.92 Å². The van der Waals surface area contributed by atoms with Gasteiger partial charge < -0.3 is 32.5 Å². The quantitative estimate of drug-likeness (QED) is 0.416. The highest BCUT2D eigenvalue weighted by molar-refractivity contribution is 4.61. The second kappa shape index (κ2) is 5.07. The predicted octanol–water partition coefficient (Wildman–Crippen LogP) is -4.34. The van der Waals surface area contributed by atoms with Gasteiger partial charge in [0.1, 0.15) is 6.04 Å². The van der Waals surface area contributed by atoms with Crippen molar-refractivity contribution in [3.05, 3.63) is 0 Å². The van der Waals surface area contributed by atoms with Crippen LogP contribution in [0.2, 0.25) is 0 Å². The summed E-state index contributed by atoms with van der Waals surface area (Å²) in [4.78, 5) is 0. The molecule has 10 heavy (non-hydrogen) atoms. The Labute approximate surface area is 72.2 Å². The van der Waals surface area contributed by atoms with Gasteiger partial charge in [0.05, 0.1) is 6.54 Å². The van der Waals surface area contributed by atoms with E-state index in [0.717, 1.165) is 6.54 Å². The largest absolute Gasteiger partial charge is 1.00 e. The fourth-order valence-electron chi connectivity index (χ4n) is 0.577. The van der Waals surface area contributed by atoms with Crippen molar-refractivity contribution in [1.82, 2.24) is 0 Å². The average Bonchev–Trinajstić information content (AvgIpc) is 1.64. The lowest BCUT2D eigenvalue weighted by atomic mass is 10.1. The molecule has 0 aliphatic rings. The van der Waals surface area contributed by atoms with E-state index in [1.807, 2.05) is 12.2 Å². The molecule has 0 aliphatic carbocycles. The Kier molecular flexibility index (Phi) is 6.58. The monoisotopic (exact) mass is 213 g/mol. The molecule has 0 amide bonds. The zero-order valence-electron chi connectivity index (χ0n) is 6.63. The van der Waals surface area contributed by atoms with Crippen LogP contribution in [0.25, 0.3) is 0 Å². The molecule has 0 aromatic rings. The molecule has 0 rings (SSSR count). The maximum absolute atomic E-state index is 8.94. The van der Waals surface area contributed by atoms with E-state index in [4.69, 9.17) is 10.2 Å². The van der Waals surface area contributed by atoms with Gasteiger partial charge in [0.15, 0.2) is 0 Å². The van der Waals surface area contributed by atoms with Crippen LogP contribution in [0.15, 0.2) is 0 Å². The number of halogens is 1. The standard InChI is InChI=1S/C6H15NO2.BrH/c1-4-7-5(2)6(3,8)9;/h5,7-9H,4H2,1-3H3;1H. The van der Waals surface area contributed by atoms with Crippen LogP contribution in [0.3, 0.4) is 0 Å². The number of rotatable bonds is 3. The van der Waals surface area contributed by atoms with Crippen LogP contribution in [0.1, 0.15) is 20.8 Å². The molecule has 1 atom stereocenters. The summed E-state index contributed by atoms with van der Waals surface area (Å²) < 4.78 is 0. The molecule has 0 spiro atoms. The second-order valence-corrected chi connectivity index (χ2v) is 2.53. The van der Waals surface area contributed by atoms with Crippen LogP contribution in [-0.4, -0.2) is 28.6 Å². The summed E-state index contributed by atoms with van der Waals surface area (Å²) in [5, 5.41) is 19.8. The van der Waals surface area contributed by atoms with Crippen molar-refractivity contribution < 1.29 is 32.5 Å². The Bertz CT molecular complexity index is 82.3. The number of hydrogen-bond donors (Lipinski definition) is 3. The number of nitrogens with two attached hydrogens (primary N) is 1. The molecule has 0 radical (unpaired) electrons. The molecule has 0 aromatic carbocycles. The van der Waals surface area contributed by atoms with Crippen molar-refractivity contribution in [2.45, 2.75) is 32.6 Å². The third-order valence-electron chi connectivity index (χ3n) is 1.45. The van der Waals surface area contributed by atoms with Gasteiger partial charge in [0.2, 0.25) is 5.79 Å². The molecule has 0 heterocycles. The molecule has 4 heteroatoms. The Hall–Kier alpha value is 0.360. The molecule has 0 fully saturated rings. The fourth-order valence-corrected chi connectivity index (χ4v) is 0.577. The van der Waals surface area contributed by atoms with E-state index in [9.17, 15) is 0 Å². The normalized spacial score (nSPS) is 14.1. The van der Waals surface area contributed by atoms with Gasteiger partial charge in [-0.2, -0.15) is 0 Å². The first-order valence-electron chi connectivity index (χ1n) is 3.26. The summed E-state index contributed by atoms with van der Waals surface area (Å²) in [6.07, 6.45) is 0. The topological polar surface area (TPSA) is 57.1 Å². The van der Waals surface area contributed by atoms with Crippen LogP contribution in [-0.2, 0) is 0 Å². The van der Waals surface area contributed by atoms with Crippen LogP contribution in [0, 0.1) is 0 Å². The highest BCUT2D eigenvalue weighted by Crippen LogP contribution is 1.98. The minimum absolute atomic E-state index is 0. The minimum atomic E-state index is -1.55. The summed E-state index contributed by atoms with van der Waals surface area (Å²) in [6, 6.07) is -0.150. The maximum Gasteiger partial charge on any atom is 0.213 e. The lowest BCUT2D eigenvalue weighted by Crippen LogP contribution is -3.00. The molecule has 0 aliphatic heterocycles. The van der Waals surface area contributed by atoms with Gasteiger partial charge >= 0.3 is 0 Å². The molecule has 1 unspecified atom stereocenters. The average molecular weight is 214 g/mol. The summed E-state index contributed by atoms with van der Waals surface area (Å²) >= 11 is 0. The molecule has 0 saturated heterocycles. The van der Waals surface area contributed by atoms with Crippen LogP contribution < -0.4 is 22.3 Å². The highest BCUT2D eigenvalue weighted by atomic mass is 79.9. The van der Waals surface area contributed by atoms with Gasteiger partial charge in [-0.3, -0.25) is 0 Å². The first-order valence-corrected chi connectivity index (χ1v) is 3.26. The minimum Gasteiger partial charge on any atom is -1.00 e.